The quantitative estimate of drug-likeness (QED) is 0.871. The Kier molecular flexibility index (Phi) is 5.69. The molecule has 3 rings (SSSR count). The predicted octanol–water partition coefficient (Wildman–Crippen LogP) is 2.15. The second-order valence-electron chi connectivity index (χ2n) is 6.01. The number of anilines is 2. The van der Waals surface area contributed by atoms with Crippen LogP contribution in [0.15, 0.2) is 42.9 Å². The van der Waals surface area contributed by atoms with Gasteiger partial charge in [0.05, 0.1) is 12.7 Å². The summed E-state index contributed by atoms with van der Waals surface area (Å²) in [5.41, 5.74) is 1.59. The fourth-order valence-electron chi connectivity index (χ4n) is 2.77. The lowest BCUT2D eigenvalue weighted by Gasteiger charge is -2.25. The van der Waals surface area contributed by atoms with Gasteiger partial charge in [-0.25, -0.2) is 4.98 Å². The molecule has 0 atom stereocenters. The van der Waals surface area contributed by atoms with Gasteiger partial charge in [0.15, 0.2) is 0 Å². The monoisotopic (exact) mass is 339 g/mol. The Morgan fingerprint density at radius 3 is 2.28 bits per heavy atom. The average Bonchev–Trinajstić information content (AvgIpc) is 2.65. The van der Waals surface area contributed by atoms with Crippen LogP contribution in [0, 0.1) is 0 Å². The van der Waals surface area contributed by atoms with E-state index in [0.717, 1.165) is 25.9 Å². The minimum Gasteiger partial charge on any atom is -0.325 e. The molecule has 1 aromatic carbocycles. The van der Waals surface area contributed by atoms with E-state index in [0.29, 0.717) is 17.9 Å². The summed E-state index contributed by atoms with van der Waals surface area (Å²) in [4.78, 5) is 34.1. The summed E-state index contributed by atoms with van der Waals surface area (Å²) in [6, 6.07) is 7.01. The van der Waals surface area contributed by atoms with Gasteiger partial charge in [-0.3, -0.25) is 19.5 Å². The zero-order chi connectivity index (χ0) is 17.5. The number of aromatic nitrogens is 2. The molecule has 2 aromatic rings. The largest absolute Gasteiger partial charge is 0.325 e. The Hall–Kier alpha value is -2.80. The van der Waals surface area contributed by atoms with Gasteiger partial charge in [0, 0.05) is 23.8 Å². The molecule has 1 fully saturated rings. The van der Waals surface area contributed by atoms with Crippen LogP contribution in [-0.4, -0.2) is 46.3 Å². The summed E-state index contributed by atoms with van der Waals surface area (Å²) in [5, 5.41) is 5.63. The molecule has 1 aliphatic rings. The molecule has 0 saturated carbocycles. The summed E-state index contributed by atoms with van der Waals surface area (Å²) in [6.07, 6.45) is 7.96. The molecule has 2 amide bonds. The van der Waals surface area contributed by atoms with Gasteiger partial charge in [-0.05, 0) is 50.2 Å². The van der Waals surface area contributed by atoms with Gasteiger partial charge >= 0.3 is 0 Å². The zero-order valence-electron chi connectivity index (χ0n) is 13.9. The molecule has 0 unspecified atom stereocenters. The van der Waals surface area contributed by atoms with Crippen LogP contribution in [-0.2, 0) is 4.79 Å². The van der Waals surface area contributed by atoms with Crippen molar-refractivity contribution < 1.29 is 9.59 Å². The molecule has 1 aliphatic heterocycles. The van der Waals surface area contributed by atoms with Gasteiger partial charge in [-0.15, -0.1) is 0 Å². The van der Waals surface area contributed by atoms with Crippen molar-refractivity contribution in [2.45, 2.75) is 19.3 Å². The lowest BCUT2D eigenvalue weighted by Crippen LogP contribution is -2.36. The van der Waals surface area contributed by atoms with E-state index in [1.807, 2.05) is 0 Å². The Labute approximate surface area is 146 Å². The highest BCUT2D eigenvalue weighted by Gasteiger charge is 2.14. The second kappa shape index (κ2) is 8.34. The van der Waals surface area contributed by atoms with E-state index in [-0.39, 0.29) is 17.5 Å². The van der Waals surface area contributed by atoms with E-state index in [1.165, 1.54) is 25.0 Å². The van der Waals surface area contributed by atoms with Crippen molar-refractivity contribution in [2.75, 3.05) is 30.3 Å². The Bertz CT molecular complexity index is 712. The molecule has 0 spiro atoms. The number of carbonyl (C=O) groups excluding carboxylic acids is 2. The number of amides is 2. The van der Waals surface area contributed by atoms with Crippen molar-refractivity contribution in [1.29, 1.82) is 0 Å². The lowest BCUT2D eigenvalue weighted by atomic mass is 10.1. The Balaban J connectivity index is 1.51. The molecule has 0 radical (unpaired) electrons. The highest BCUT2D eigenvalue weighted by Crippen LogP contribution is 2.15. The van der Waals surface area contributed by atoms with Gasteiger partial charge in [0.2, 0.25) is 5.91 Å². The van der Waals surface area contributed by atoms with Crippen LogP contribution in [0.4, 0.5) is 11.4 Å². The summed E-state index contributed by atoms with van der Waals surface area (Å²) >= 11 is 0. The number of benzene rings is 1. The maximum absolute atomic E-state index is 12.1. The van der Waals surface area contributed by atoms with Crippen molar-refractivity contribution in [2.24, 2.45) is 0 Å². The first-order valence-corrected chi connectivity index (χ1v) is 8.40. The number of rotatable bonds is 5. The summed E-state index contributed by atoms with van der Waals surface area (Å²) in [7, 11) is 0. The second-order valence-corrected chi connectivity index (χ2v) is 6.01. The summed E-state index contributed by atoms with van der Waals surface area (Å²) < 4.78 is 0. The van der Waals surface area contributed by atoms with Gasteiger partial charge in [0.25, 0.3) is 5.91 Å². The molecule has 25 heavy (non-hydrogen) atoms. The van der Waals surface area contributed by atoms with Crippen molar-refractivity contribution in [1.82, 2.24) is 14.9 Å². The first-order chi connectivity index (χ1) is 12.2. The average molecular weight is 339 g/mol. The lowest BCUT2D eigenvalue weighted by molar-refractivity contribution is -0.117. The van der Waals surface area contributed by atoms with Crippen molar-refractivity contribution in [3.8, 4) is 0 Å². The highest BCUT2D eigenvalue weighted by molar-refractivity contribution is 6.02. The highest BCUT2D eigenvalue weighted by atomic mass is 16.2. The van der Waals surface area contributed by atoms with Crippen LogP contribution in [0.5, 0.6) is 0 Å². The molecule has 2 N–H and O–H groups in total. The minimum atomic E-state index is -0.324. The third-order valence-electron chi connectivity index (χ3n) is 4.04. The molecule has 130 valence electrons. The van der Waals surface area contributed by atoms with Gasteiger partial charge < -0.3 is 10.6 Å². The van der Waals surface area contributed by atoms with E-state index in [4.69, 9.17) is 0 Å². The molecular formula is C18H21N5O2. The minimum absolute atomic E-state index is 0.0155. The van der Waals surface area contributed by atoms with Crippen molar-refractivity contribution in [3.63, 3.8) is 0 Å². The van der Waals surface area contributed by atoms with Gasteiger partial charge in [-0.2, -0.15) is 0 Å². The first kappa shape index (κ1) is 17.0. The zero-order valence-corrected chi connectivity index (χ0v) is 13.9. The normalized spacial score (nSPS) is 14.7. The van der Waals surface area contributed by atoms with Crippen LogP contribution >= 0.6 is 0 Å². The molecule has 1 aromatic heterocycles. The third kappa shape index (κ3) is 5.09. The number of hydrogen-bond donors (Lipinski definition) is 2. The Morgan fingerprint density at radius 2 is 1.64 bits per heavy atom. The first-order valence-electron chi connectivity index (χ1n) is 8.40. The Morgan fingerprint density at radius 1 is 0.960 bits per heavy atom. The predicted molar refractivity (Wildman–Crippen MR) is 95.3 cm³/mol. The smallest absolute Gasteiger partial charge is 0.275 e. The van der Waals surface area contributed by atoms with Crippen molar-refractivity contribution in [3.05, 3.63) is 48.5 Å². The van der Waals surface area contributed by atoms with E-state index >= 15 is 0 Å². The van der Waals surface area contributed by atoms with Crippen LogP contribution in [0.3, 0.4) is 0 Å². The standard InChI is InChI=1S/C18H21N5O2/c24-17(13-23-10-2-1-3-11-23)21-14-4-6-15(7-5-14)22-18(25)16-12-19-8-9-20-16/h4-9,12H,1-3,10-11,13H2,(H,21,24)(H,22,25). The fraction of sp³-hybridized carbons (Fsp3) is 0.333. The maximum atomic E-state index is 12.1. The fourth-order valence-corrected chi connectivity index (χ4v) is 2.77. The van der Waals surface area contributed by atoms with Crippen LogP contribution in [0.2, 0.25) is 0 Å². The van der Waals surface area contributed by atoms with Gasteiger partial charge in [-0.1, -0.05) is 6.42 Å². The van der Waals surface area contributed by atoms with E-state index < -0.39 is 0 Å². The molecule has 7 heteroatoms. The molecule has 2 heterocycles. The third-order valence-corrected chi connectivity index (χ3v) is 4.04. The molecular weight excluding hydrogens is 318 g/mol. The van der Waals surface area contributed by atoms with Gasteiger partial charge in [0.1, 0.15) is 5.69 Å². The molecule has 0 aliphatic carbocycles. The number of carbonyl (C=O) groups is 2. The van der Waals surface area contributed by atoms with E-state index in [2.05, 4.69) is 25.5 Å². The van der Waals surface area contributed by atoms with Crippen LogP contribution < -0.4 is 10.6 Å². The number of piperidine rings is 1. The number of nitrogens with zero attached hydrogens (tertiary/aromatic N) is 3. The van der Waals surface area contributed by atoms with Crippen molar-refractivity contribution >= 4 is 23.2 Å². The van der Waals surface area contributed by atoms with E-state index in [1.54, 1.807) is 24.3 Å². The molecule has 0 bridgehead atoms. The SMILES string of the molecule is O=C(CN1CCCCC1)Nc1ccc(NC(=O)c2cnccn2)cc1. The number of nitrogens with one attached hydrogen (secondary N) is 2. The number of hydrogen-bond acceptors (Lipinski definition) is 5. The maximum Gasteiger partial charge on any atom is 0.275 e. The van der Waals surface area contributed by atoms with Crippen LogP contribution in [0.25, 0.3) is 0 Å². The summed E-state index contributed by atoms with van der Waals surface area (Å²) in [6.45, 7) is 2.40. The molecule has 1 saturated heterocycles. The van der Waals surface area contributed by atoms with Crippen LogP contribution in [0.1, 0.15) is 29.8 Å². The van der Waals surface area contributed by atoms with E-state index in [9.17, 15) is 9.59 Å². The molecule has 7 nitrogen and oxygen atoms in total. The summed E-state index contributed by atoms with van der Waals surface area (Å²) in [5.74, 6) is -0.340. The topological polar surface area (TPSA) is 87.2 Å². The number of likely N-dealkylation sites (tertiary alicyclic amines) is 1.